The van der Waals surface area contributed by atoms with Gasteiger partial charge in [0.15, 0.2) is 0 Å². The van der Waals surface area contributed by atoms with Crippen LogP contribution >= 0.6 is 0 Å². The Morgan fingerprint density at radius 2 is 1.91 bits per heavy atom. The first-order chi connectivity index (χ1) is 11.1. The van der Waals surface area contributed by atoms with Crippen molar-refractivity contribution in [3.05, 3.63) is 58.0 Å². The van der Waals surface area contributed by atoms with Crippen LogP contribution in [-0.2, 0) is 6.54 Å². The van der Waals surface area contributed by atoms with Crippen molar-refractivity contribution in [1.82, 2.24) is 9.88 Å². The van der Waals surface area contributed by atoms with Crippen LogP contribution in [0.3, 0.4) is 0 Å². The first-order valence-corrected chi connectivity index (χ1v) is 7.23. The molecule has 0 bridgehead atoms. The van der Waals surface area contributed by atoms with Crippen molar-refractivity contribution in [3.8, 4) is 11.5 Å². The monoisotopic (exact) mass is 316 g/mol. The Hall–Kier alpha value is -2.76. The fraction of sp³-hybridized carbons (Fsp3) is 0.294. The summed E-state index contributed by atoms with van der Waals surface area (Å²) in [4.78, 5) is 24.2. The van der Waals surface area contributed by atoms with E-state index in [1.165, 1.54) is 20.3 Å². The quantitative estimate of drug-likeness (QED) is 0.879. The third-order valence-electron chi connectivity index (χ3n) is 3.52. The van der Waals surface area contributed by atoms with Gasteiger partial charge in [0, 0.05) is 24.8 Å². The smallest absolute Gasteiger partial charge is 0.255 e. The molecular formula is C17H20N2O4. The highest BCUT2D eigenvalue weighted by molar-refractivity contribution is 5.96. The topological polar surface area (TPSA) is 69.6 Å². The molecule has 6 nitrogen and oxygen atoms in total. The van der Waals surface area contributed by atoms with E-state index in [1.807, 2.05) is 6.92 Å². The number of hydrogen-bond acceptors (Lipinski definition) is 4. The Bertz CT molecular complexity index is 752. The number of nitrogens with zero attached hydrogens (tertiary/aromatic N) is 1. The average Bonchev–Trinajstić information content (AvgIpc) is 2.56. The fourth-order valence-electron chi connectivity index (χ4n) is 2.31. The zero-order chi connectivity index (χ0) is 16.8. The van der Waals surface area contributed by atoms with Gasteiger partial charge in [0.1, 0.15) is 11.5 Å². The van der Waals surface area contributed by atoms with Crippen LogP contribution in [0, 0.1) is 6.92 Å². The lowest BCUT2D eigenvalue weighted by Gasteiger charge is -2.12. The van der Waals surface area contributed by atoms with Crippen LogP contribution in [0.5, 0.6) is 11.5 Å². The number of hydrogen-bond donors (Lipinski definition) is 1. The molecule has 0 aliphatic rings. The second kappa shape index (κ2) is 7.49. The lowest BCUT2D eigenvalue weighted by molar-refractivity contribution is 0.0949. The molecule has 0 fully saturated rings. The number of amides is 1. The van der Waals surface area contributed by atoms with Gasteiger partial charge in [0.25, 0.3) is 11.5 Å². The number of rotatable bonds is 6. The molecule has 2 aromatic rings. The van der Waals surface area contributed by atoms with Gasteiger partial charge in [-0.1, -0.05) is 12.1 Å². The minimum Gasteiger partial charge on any atom is -0.496 e. The summed E-state index contributed by atoms with van der Waals surface area (Å²) < 4.78 is 11.8. The van der Waals surface area contributed by atoms with Crippen LogP contribution < -0.4 is 20.3 Å². The number of benzene rings is 1. The summed E-state index contributed by atoms with van der Waals surface area (Å²) in [5.74, 6) is 0.811. The van der Waals surface area contributed by atoms with Crippen molar-refractivity contribution in [3.63, 3.8) is 0 Å². The van der Waals surface area contributed by atoms with E-state index in [9.17, 15) is 9.59 Å². The Morgan fingerprint density at radius 3 is 2.57 bits per heavy atom. The number of aromatic nitrogens is 1. The third kappa shape index (κ3) is 3.91. The molecule has 23 heavy (non-hydrogen) atoms. The second-order valence-corrected chi connectivity index (χ2v) is 4.98. The lowest BCUT2D eigenvalue weighted by atomic mass is 10.2. The van der Waals surface area contributed by atoms with Crippen LogP contribution in [0.4, 0.5) is 0 Å². The van der Waals surface area contributed by atoms with Gasteiger partial charge in [-0.3, -0.25) is 9.59 Å². The Balaban J connectivity index is 2.03. The van der Waals surface area contributed by atoms with Crippen LogP contribution in [-0.4, -0.2) is 31.2 Å². The molecule has 0 saturated carbocycles. The van der Waals surface area contributed by atoms with Crippen molar-refractivity contribution in [1.29, 1.82) is 0 Å². The zero-order valence-corrected chi connectivity index (χ0v) is 13.5. The molecule has 0 aliphatic carbocycles. The molecule has 0 radical (unpaired) electrons. The van der Waals surface area contributed by atoms with Crippen LogP contribution in [0.2, 0.25) is 0 Å². The molecule has 122 valence electrons. The molecule has 1 aromatic heterocycles. The first kappa shape index (κ1) is 16.6. The van der Waals surface area contributed by atoms with Gasteiger partial charge >= 0.3 is 0 Å². The normalized spacial score (nSPS) is 10.2. The largest absolute Gasteiger partial charge is 0.496 e. The van der Waals surface area contributed by atoms with Gasteiger partial charge in [-0.05, 0) is 25.1 Å². The maximum Gasteiger partial charge on any atom is 0.255 e. The molecule has 1 amide bonds. The highest BCUT2D eigenvalue weighted by Crippen LogP contribution is 2.16. The van der Waals surface area contributed by atoms with Crippen LogP contribution in [0.25, 0.3) is 0 Å². The third-order valence-corrected chi connectivity index (χ3v) is 3.52. The number of ether oxygens (including phenoxy) is 2. The summed E-state index contributed by atoms with van der Waals surface area (Å²) in [6, 6.07) is 10.2. The summed E-state index contributed by atoms with van der Waals surface area (Å²) in [5.41, 5.74) is 1.09. The molecule has 6 heteroatoms. The molecule has 1 heterocycles. The number of methoxy groups -OCH3 is 2. The maximum atomic E-state index is 12.2. The highest BCUT2D eigenvalue weighted by Gasteiger charge is 2.11. The number of pyridine rings is 1. The van der Waals surface area contributed by atoms with Gasteiger partial charge in [-0.25, -0.2) is 0 Å². The van der Waals surface area contributed by atoms with E-state index >= 15 is 0 Å². The minimum absolute atomic E-state index is 0.159. The van der Waals surface area contributed by atoms with Crippen molar-refractivity contribution in [2.45, 2.75) is 13.5 Å². The zero-order valence-electron chi connectivity index (χ0n) is 13.5. The van der Waals surface area contributed by atoms with Crippen molar-refractivity contribution in [2.75, 3.05) is 20.8 Å². The van der Waals surface area contributed by atoms with E-state index in [1.54, 1.807) is 34.9 Å². The Morgan fingerprint density at radius 1 is 1.17 bits per heavy atom. The predicted octanol–water partition coefficient (Wildman–Crippen LogP) is 1.60. The molecular weight excluding hydrogens is 296 g/mol. The lowest BCUT2D eigenvalue weighted by Crippen LogP contribution is -2.31. The van der Waals surface area contributed by atoms with Gasteiger partial charge in [0.05, 0.1) is 19.8 Å². The van der Waals surface area contributed by atoms with Crippen LogP contribution in [0.1, 0.15) is 16.1 Å². The summed E-state index contributed by atoms with van der Waals surface area (Å²) >= 11 is 0. The van der Waals surface area contributed by atoms with Crippen molar-refractivity contribution < 1.29 is 14.3 Å². The van der Waals surface area contributed by atoms with Gasteiger partial charge in [0.2, 0.25) is 0 Å². The van der Waals surface area contributed by atoms with Gasteiger partial charge < -0.3 is 19.4 Å². The SMILES string of the molecule is COc1cc(C)n(CCNC(=O)c2ccccc2OC)c(=O)c1. The summed E-state index contributed by atoms with van der Waals surface area (Å²) in [7, 11) is 3.04. The number of carbonyl (C=O) groups excluding carboxylic acids is 1. The molecule has 1 N–H and O–H groups in total. The summed E-state index contributed by atoms with van der Waals surface area (Å²) in [6.45, 7) is 2.55. The summed E-state index contributed by atoms with van der Waals surface area (Å²) in [6.07, 6.45) is 0. The standard InChI is InChI=1S/C17H20N2O4/c1-12-10-13(22-2)11-16(20)19(12)9-8-18-17(21)14-6-4-5-7-15(14)23-3/h4-7,10-11H,8-9H2,1-3H3,(H,18,21). The molecule has 2 rings (SSSR count). The van der Waals surface area contributed by atoms with Crippen LogP contribution in [0.15, 0.2) is 41.2 Å². The summed E-state index contributed by atoms with van der Waals surface area (Å²) in [5, 5.41) is 2.80. The van der Waals surface area contributed by atoms with Gasteiger partial charge in [-0.2, -0.15) is 0 Å². The average molecular weight is 316 g/mol. The molecule has 0 saturated heterocycles. The molecule has 0 aliphatic heterocycles. The highest BCUT2D eigenvalue weighted by atomic mass is 16.5. The van der Waals surface area contributed by atoms with E-state index in [2.05, 4.69) is 5.32 Å². The van der Waals surface area contributed by atoms with E-state index in [4.69, 9.17) is 9.47 Å². The maximum absolute atomic E-state index is 12.2. The second-order valence-electron chi connectivity index (χ2n) is 4.98. The molecule has 1 aromatic carbocycles. The van der Waals surface area contributed by atoms with E-state index in [0.717, 1.165) is 5.69 Å². The number of aryl methyl sites for hydroxylation is 1. The van der Waals surface area contributed by atoms with Crippen molar-refractivity contribution >= 4 is 5.91 Å². The molecule has 0 unspecified atom stereocenters. The van der Waals surface area contributed by atoms with E-state index < -0.39 is 0 Å². The number of carbonyl (C=O) groups is 1. The molecule has 0 atom stereocenters. The number of nitrogens with one attached hydrogen (secondary N) is 1. The van der Waals surface area contributed by atoms with E-state index in [0.29, 0.717) is 30.2 Å². The Kier molecular flexibility index (Phi) is 5.41. The van der Waals surface area contributed by atoms with E-state index in [-0.39, 0.29) is 11.5 Å². The number of para-hydroxylation sites is 1. The Labute approximate surface area is 134 Å². The fourth-order valence-corrected chi connectivity index (χ4v) is 2.31. The van der Waals surface area contributed by atoms with Gasteiger partial charge in [-0.15, -0.1) is 0 Å². The molecule has 0 spiro atoms. The minimum atomic E-state index is -0.235. The first-order valence-electron chi connectivity index (χ1n) is 7.23. The van der Waals surface area contributed by atoms with Crippen molar-refractivity contribution in [2.24, 2.45) is 0 Å². The predicted molar refractivity (Wildman–Crippen MR) is 87.3 cm³/mol.